The Morgan fingerprint density at radius 3 is 2.13 bits per heavy atom. The summed E-state index contributed by atoms with van der Waals surface area (Å²) < 4.78 is 0. The van der Waals surface area contributed by atoms with E-state index in [2.05, 4.69) is 5.32 Å². The van der Waals surface area contributed by atoms with E-state index in [-0.39, 0.29) is 5.91 Å². The van der Waals surface area contributed by atoms with E-state index < -0.39 is 0 Å². The molecule has 0 atom stereocenters. The molecule has 0 heterocycles. The first-order valence-corrected chi connectivity index (χ1v) is 8.65. The minimum absolute atomic E-state index is 0.110. The lowest BCUT2D eigenvalue weighted by Crippen LogP contribution is -2.37. The Kier molecular flexibility index (Phi) is 7.68. The summed E-state index contributed by atoms with van der Waals surface area (Å²) in [5.74, 6) is 0.110. The standard InChI is InChI=1S/C14H18ClNO.C6H6/c15-12-6-4-5-11(9-12)10-14(17)16-13-7-2-1-3-8-13;1-2-4-6-5-3-1/h4-6,9,13H,1-3,7-8,10H2,(H,16,17);1-6H. The molecule has 1 aliphatic carbocycles. The van der Waals surface area contributed by atoms with Crippen LogP contribution in [0.1, 0.15) is 37.7 Å². The normalized spacial score (nSPS) is 14.5. The second-order valence-corrected chi connectivity index (χ2v) is 6.30. The maximum absolute atomic E-state index is 11.8. The summed E-state index contributed by atoms with van der Waals surface area (Å²) >= 11 is 5.89. The van der Waals surface area contributed by atoms with Crippen molar-refractivity contribution in [2.75, 3.05) is 0 Å². The van der Waals surface area contributed by atoms with Crippen molar-refractivity contribution < 1.29 is 4.79 Å². The molecule has 2 aromatic carbocycles. The number of nitrogens with one attached hydrogen (secondary N) is 1. The molecule has 0 bridgehead atoms. The minimum atomic E-state index is 0.110. The van der Waals surface area contributed by atoms with Crippen molar-refractivity contribution in [1.29, 1.82) is 0 Å². The van der Waals surface area contributed by atoms with Gasteiger partial charge in [0.1, 0.15) is 0 Å². The van der Waals surface area contributed by atoms with E-state index in [0.29, 0.717) is 17.5 Å². The maximum atomic E-state index is 11.8. The van der Waals surface area contributed by atoms with Crippen LogP contribution in [0, 0.1) is 0 Å². The van der Waals surface area contributed by atoms with Gasteiger partial charge in [0, 0.05) is 11.1 Å². The smallest absolute Gasteiger partial charge is 0.224 e. The Bertz CT molecular complexity index is 552. The van der Waals surface area contributed by atoms with Crippen LogP contribution in [0.4, 0.5) is 0 Å². The fraction of sp³-hybridized carbons (Fsp3) is 0.350. The van der Waals surface area contributed by atoms with E-state index in [1.165, 1.54) is 19.3 Å². The van der Waals surface area contributed by atoms with Gasteiger partial charge >= 0.3 is 0 Å². The molecular weight excluding hydrogens is 306 g/mol. The Balaban J connectivity index is 0.000000268. The highest BCUT2D eigenvalue weighted by Crippen LogP contribution is 2.17. The summed E-state index contributed by atoms with van der Waals surface area (Å²) in [6.45, 7) is 0. The maximum Gasteiger partial charge on any atom is 0.224 e. The summed E-state index contributed by atoms with van der Waals surface area (Å²) in [6, 6.07) is 19.9. The fourth-order valence-electron chi connectivity index (χ4n) is 2.74. The molecule has 0 aromatic heterocycles. The SMILES string of the molecule is O=C(Cc1cccc(Cl)c1)NC1CCCCC1.c1ccccc1. The topological polar surface area (TPSA) is 29.1 Å². The van der Waals surface area contributed by atoms with Crippen LogP contribution in [-0.2, 0) is 11.2 Å². The number of halogens is 1. The predicted octanol–water partition coefficient (Wildman–Crippen LogP) is 5.02. The zero-order valence-electron chi connectivity index (χ0n) is 13.4. The monoisotopic (exact) mass is 329 g/mol. The van der Waals surface area contributed by atoms with Crippen LogP contribution in [0.2, 0.25) is 5.02 Å². The number of hydrogen-bond donors (Lipinski definition) is 1. The van der Waals surface area contributed by atoms with E-state index in [1.807, 2.05) is 60.7 Å². The third kappa shape index (κ3) is 7.34. The molecular formula is C20H24ClNO. The fourth-order valence-corrected chi connectivity index (χ4v) is 2.96. The van der Waals surface area contributed by atoms with Crippen LogP contribution in [0.15, 0.2) is 60.7 Å². The van der Waals surface area contributed by atoms with E-state index in [9.17, 15) is 4.79 Å². The first-order chi connectivity index (χ1) is 11.2. The molecule has 1 saturated carbocycles. The van der Waals surface area contributed by atoms with Crippen LogP contribution >= 0.6 is 11.6 Å². The summed E-state index contributed by atoms with van der Waals surface area (Å²) in [5.41, 5.74) is 0.978. The third-order valence-electron chi connectivity index (χ3n) is 3.89. The number of carbonyl (C=O) groups excluding carboxylic acids is 1. The molecule has 0 spiro atoms. The lowest BCUT2D eigenvalue weighted by Gasteiger charge is -2.22. The third-order valence-corrected chi connectivity index (χ3v) is 4.13. The average molecular weight is 330 g/mol. The lowest BCUT2D eigenvalue weighted by molar-refractivity contribution is -0.121. The molecule has 0 aliphatic heterocycles. The molecule has 0 unspecified atom stereocenters. The minimum Gasteiger partial charge on any atom is -0.353 e. The molecule has 1 N–H and O–H groups in total. The Labute approximate surface area is 143 Å². The number of hydrogen-bond acceptors (Lipinski definition) is 1. The van der Waals surface area contributed by atoms with E-state index >= 15 is 0 Å². The highest BCUT2D eigenvalue weighted by molar-refractivity contribution is 6.30. The van der Waals surface area contributed by atoms with Gasteiger partial charge in [-0.05, 0) is 30.5 Å². The van der Waals surface area contributed by atoms with Crippen molar-refractivity contribution >= 4 is 17.5 Å². The molecule has 122 valence electrons. The van der Waals surface area contributed by atoms with E-state index in [4.69, 9.17) is 11.6 Å². The van der Waals surface area contributed by atoms with Crippen molar-refractivity contribution in [3.05, 3.63) is 71.2 Å². The van der Waals surface area contributed by atoms with Crippen LogP contribution < -0.4 is 5.32 Å². The number of amides is 1. The van der Waals surface area contributed by atoms with Gasteiger partial charge in [0.25, 0.3) is 0 Å². The summed E-state index contributed by atoms with van der Waals surface area (Å²) in [4.78, 5) is 11.8. The van der Waals surface area contributed by atoms with Gasteiger partial charge in [0.15, 0.2) is 0 Å². The highest BCUT2D eigenvalue weighted by atomic mass is 35.5. The molecule has 2 nitrogen and oxygen atoms in total. The van der Waals surface area contributed by atoms with Crippen molar-refractivity contribution in [2.45, 2.75) is 44.6 Å². The lowest BCUT2D eigenvalue weighted by atomic mass is 9.95. The molecule has 1 aliphatic rings. The average Bonchev–Trinajstić information content (AvgIpc) is 2.58. The van der Waals surface area contributed by atoms with E-state index in [1.54, 1.807) is 0 Å². The summed E-state index contributed by atoms with van der Waals surface area (Å²) in [7, 11) is 0. The summed E-state index contributed by atoms with van der Waals surface area (Å²) in [5, 5.41) is 3.79. The second kappa shape index (κ2) is 10.1. The Hall–Kier alpha value is -1.80. The van der Waals surface area contributed by atoms with Gasteiger partial charge in [-0.15, -0.1) is 0 Å². The van der Waals surface area contributed by atoms with Gasteiger partial charge < -0.3 is 5.32 Å². The van der Waals surface area contributed by atoms with Gasteiger partial charge in [-0.3, -0.25) is 4.79 Å². The van der Waals surface area contributed by atoms with Gasteiger partial charge in [0.05, 0.1) is 6.42 Å². The van der Waals surface area contributed by atoms with Gasteiger partial charge in [-0.25, -0.2) is 0 Å². The molecule has 1 amide bonds. The zero-order chi connectivity index (χ0) is 16.3. The number of rotatable bonds is 3. The summed E-state index contributed by atoms with van der Waals surface area (Å²) in [6.07, 6.45) is 6.46. The largest absolute Gasteiger partial charge is 0.353 e. The molecule has 3 heteroatoms. The first kappa shape index (κ1) is 17.6. The molecule has 0 radical (unpaired) electrons. The van der Waals surface area contributed by atoms with Crippen molar-refractivity contribution in [2.24, 2.45) is 0 Å². The van der Waals surface area contributed by atoms with Crippen molar-refractivity contribution in [3.8, 4) is 0 Å². The van der Waals surface area contributed by atoms with Crippen LogP contribution in [0.3, 0.4) is 0 Å². The van der Waals surface area contributed by atoms with Gasteiger partial charge in [-0.1, -0.05) is 79.4 Å². The molecule has 3 rings (SSSR count). The van der Waals surface area contributed by atoms with Crippen LogP contribution in [-0.4, -0.2) is 11.9 Å². The Morgan fingerprint density at radius 1 is 0.957 bits per heavy atom. The first-order valence-electron chi connectivity index (χ1n) is 8.28. The molecule has 2 aromatic rings. The van der Waals surface area contributed by atoms with Crippen molar-refractivity contribution in [3.63, 3.8) is 0 Å². The number of carbonyl (C=O) groups is 1. The van der Waals surface area contributed by atoms with Crippen LogP contribution in [0.25, 0.3) is 0 Å². The van der Waals surface area contributed by atoms with Gasteiger partial charge in [0.2, 0.25) is 5.91 Å². The van der Waals surface area contributed by atoms with Gasteiger partial charge in [-0.2, -0.15) is 0 Å². The number of benzene rings is 2. The predicted molar refractivity (Wildman–Crippen MR) is 96.6 cm³/mol. The van der Waals surface area contributed by atoms with Crippen molar-refractivity contribution in [1.82, 2.24) is 5.32 Å². The molecule has 1 fully saturated rings. The molecule has 0 saturated heterocycles. The quantitative estimate of drug-likeness (QED) is 0.841. The zero-order valence-corrected chi connectivity index (χ0v) is 14.1. The second-order valence-electron chi connectivity index (χ2n) is 5.86. The van der Waals surface area contributed by atoms with Crippen LogP contribution in [0.5, 0.6) is 0 Å². The van der Waals surface area contributed by atoms with E-state index in [0.717, 1.165) is 18.4 Å². The molecule has 23 heavy (non-hydrogen) atoms. The highest BCUT2D eigenvalue weighted by Gasteiger charge is 2.15. The Morgan fingerprint density at radius 2 is 1.57 bits per heavy atom.